The zero-order valence-corrected chi connectivity index (χ0v) is 17.1. The summed E-state index contributed by atoms with van der Waals surface area (Å²) in [6, 6.07) is 5.94. The van der Waals surface area contributed by atoms with Crippen LogP contribution in [0.15, 0.2) is 23.4 Å². The van der Waals surface area contributed by atoms with E-state index in [-0.39, 0.29) is 12.0 Å². The largest absolute Gasteiger partial charge is 0.376 e. The molecule has 1 aliphatic heterocycles. The number of amides is 1. The average molecular weight is 389 g/mol. The van der Waals surface area contributed by atoms with E-state index in [0.717, 1.165) is 61.1 Å². The first kappa shape index (κ1) is 19.9. The van der Waals surface area contributed by atoms with E-state index in [1.807, 2.05) is 32.0 Å². The molecule has 1 aromatic heterocycles. The van der Waals surface area contributed by atoms with Gasteiger partial charge < -0.3 is 14.6 Å². The topological polar surface area (TPSA) is 69.0 Å². The Kier molecular flexibility index (Phi) is 6.90. The number of rotatable bonds is 8. The van der Waals surface area contributed by atoms with Crippen molar-refractivity contribution in [3.05, 3.63) is 35.2 Å². The maximum absolute atomic E-state index is 12.4. The summed E-state index contributed by atoms with van der Waals surface area (Å²) in [5, 5.41) is 12.5. The number of carbonyl (C=O) groups excluding carboxylic acids is 1. The number of thioether (sulfide) groups is 1. The number of benzene rings is 1. The molecule has 146 valence electrons. The Morgan fingerprint density at radius 3 is 2.96 bits per heavy atom. The molecule has 2 aromatic rings. The Bertz CT molecular complexity index is 784. The van der Waals surface area contributed by atoms with Crippen LogP contribution >= 0.6 is 11.8 Å². The van der Waals surface area contributed by atoms with Crippen molar-refractivity contribution in [1.29, 1.82) is 0 Å². The quantitative estimate of drug-likeness (QED) is 0.698. The van der Waals surface area contributed by atoms with E-state index in [9.17, 15) is 4.79 Å². The molecule has 0 bridgehead atoms. The second kappa shape index (κ2) is 9.37. The lowest BCUT2D eigenvalue weighted by Gasteiger charge is -2.14. The fraction of sp³-hybridized carbons (Fsp3) is 0.550. The first-order valence-electron chi connectivity index (χ1n) is 9.61. The summed E-state index contributed by atoms with van der Waals surface area (Å²) in [5.41, 5.74) is 3.14. The second-order valence-corrected chi connectivity index (χ2v) is 7.92. The molecule has 3 rings (SSSR count). The summed E-state index contributed by atoms with van der Waals surface area (Å²) in [4.78, 5) is 12.4. The molecule has 1 amide bonds. The number of aryl methyl sites for hydroxylation is 2. The van der Waals surface area contributed by atoms with Crippen LogP contribution in [-0.2, 0) is 22.5 Å². The third kappa shape index (κ3) is 5.11. The lowest BCUT2D eigenvalue weighted by Crippen LogP contribution is -2.19. The molecule has 0 radical (unpaired) electrons. The number of ether oxygens (including phenoxy) is 1. The molecule has 0 unspecified atom stereocenters. The van der Waals surface area contributed by atoms with Crippen LogP contribution in [0, 0.1) is 13.8 Å². The van der Waals surface area contributed by atoms with Crippen molar-refractivity contribution in [2.45, 2.75) is 64.3 Å². The molecule has 1 atom stereocenters. The summed E-state index contributed by atoms with van der Waals surface area (Å²) >= 11 is 1.44. The van der Waals surface area contributed by atoms with Gasteiger partial charge in [0.2, 0.25) is 5.91 Å². The molecule has 6 nitrogen and oxygen atoms in total. The van der Waals surface area contributed by atoms with Crippen molar-refractivity contribution in [1.82, 2.24) is 14.8 Å². The number of nitrogens with zero attached hydrogens (tertiary/aromatic N) is 3. The van der Waals surface area contributed by atoms with Gasteiger partial charge in [-0.25, -0.2) is 0 Å². The molecule has 0 saturated carbocycles. The molecule has 1 saturated heterocycles. The van der Waals surface area contributed by atoms with Gasteiger partial charge in [0.1, 0.15) is 5.82 Å². The summed E-state index contributed by atoms with van der Waals surface area (Å²) in [7, 11) is 0. The van der Waals surface area contributed by atoms with Crippen LogP contribution in [0.25, 0.3) is 0 Å². The van der Waals surface area contributed by atoms with Crippen LogP contribution in [0.1, 0.15) is 43.1 Å². The predicted molar refractivity (Wildman–Crippen MR) is 108 cm³/mol. The summed E-state index contributed by atoms with van der Waals surface area (Å²) < 4.78 is 7.91. The van der Waals surface area contributed by atoms with Gasteiger partial charge in [-0.15, -0.1) is 10.2 Å². The molecule has 1 aliphatic rings. The molecule has 2 heterocycles. The smallest absolute Gasteiger partial charge is 0.234 e. The van der Waals surface area contributed by atoms with E-state index in [1.54, 1.807) is 0 Å². The van der Waals surface area contributed by atoms with Gasteiger partial charge in [0.05, 0.1) is 18.4 Å². The van der Waals surface area contributed by atoms with E-state index in [0.29, 0.717) is 5.75 Å². The lowest BCUT2D eigenvalue weighted by atomic mass is 10.1. The Hall–Kier alpha value is -1.86. The van der Waals surface area contributed by atoms with Gasteiger partial charge in [0.15, 0.2) is 5.16 Å². The zero-order chi connectivity index (χ0) is 19.2. The van der Waals surface area contributed by atoms with Crippen LogP contribution in [0.3, 0.4) is 0 Å². The summed E-state index contributed by atoms with van der Waals surface area (Å²) in [6.07, 6.45) is 4.30. The van der Waals surface area contributed by atoms with Crippen molar-refractivity contribution < 1.29 is 9.53 Å². The zero-order valence-electron chi connectivity index (χ0n) is 16.3. The maximum Gasteiger partial charge on any atom is 0.234 e. The van der Waals surface area contributed by atoms with Crippen molar-refractivity contribution in [2.24, 2.45) is 0 Å². The Morgan fingerprint density at radius 2 is 2.22 bits per heavy atom. The molecule has 1 N–H and O–H groups in total. The number of carbonyl (C=O) groups is 1. The van der Waals surface area contributed by atoms with E-state index >= 15 is 0 Å². The van der Waals surface area contributed by atoms with E-state index in [2.05, 4.69) is 27.0 Å². The number of anilines is 1. The minimum atomic E-state index is -0.0302. The molecule has 0 aliphatic carbocycles. The fourth-order valence-electron chi connectivity index (χ4n) is 3.21. The number of hydrogen-bond donors (Lipinski definition) is 1. The molecule has 1 fully saturated rings. The monoisotopic (exact) mass is 388 g/mol. The van der Waals surface area contributed by atoms with Crippen LogP contribution in [0.4, 0.5) is 5.69 Å². The van der Waals surface area contributed by atoms with Crippen LogP contribution < -0.4 is 5.32 Å². The number of aromatic nitrogens is 3. The Morgan fingerprint density at radius 1 is 1.37 bits per heavy atom. The van der Waals surface area contributed by atoms with Gasteiger partial charge in [-0.05, 0) is 50.3 Å². The Balaban J connectivity index is 1.64. The Labute approximate surface area is 165 Å². The standard InChI is InChI=1S/C20H28N4O2S/c1-4-7-18-22-23-20(24(18)12-16-9-6-11-26-16)27-13-19(25)21-17-10-5-8-14(2)15(17)3/h5,8,10,16H,4,6-7,9,11-13H2,1-3H3,(H,21,25)/t16-/m0/s1. The van der Waals surface area contributed by atoms with Crippen molar-refractivity contribution in [2.75, 3.05) is 17.7 Å². The highest BCUT2D eigenvalue weighted by Crippen LogP contribution is 2.23. The lowest BCUT2D eigenvalue weighted by molar-refractivity contribution is -0.113. The van der Waals surface area contributed by atoms with Gasteiger partial charge in [0.25, 0.3) is 0 Å². The van der Waals surface area contributed by atoms with E-state index in [1.165, 1.54) is 17.3 Å². The molecule has 1 aromatic carbocycles. The fourth-order valence-corrected chi connectivity index (χ4v) is 3.98. The average Bonchev–Trinajstić information content (AvgIpc) is 3.29. The molecular formula is C20H28N4O2S. The first-order valence-corrected chi connectivity index (χ1v) is 10.6. The van der Waals surface area contributed by atoms with Gasteiger partial charge in [0, 0.05) is 18.7 Å². The highest BCUT2D eigenvalue weighted by Gasteiger charge is 2.21. The maximum atomic E-state index is 12.4. The normalized spacial score (nSPS) is 16.6. The van der Waals surface area contributed by atoms with Crippen molar-refractivity contribution >= 4 is 23.4 Å². The number of nitrogens with one attached hydrogen (secondary N) is 1. The second-order valence-electron chi connectivity index (χ2n) is 6.98. The number of hydrogen-bond acceptors (Lipinski definition) is 5. The van der Waals surface area contributed by atoms with Gasteiger partial charge >= 0.3 is 0 Å². The first-order chi connectivity index (χ1) is 13.1. The third-order valence-electron chi connectivity index (χ3n) is 4.89. The minimum Gasteiger partial charge on any atom is -0.376 e. The minimum absolute atomic E-state index is 0.0302. The highest BCUT2D eigenvalue weighted by atomic mass is 32.2. The third-order valence-corrected chi connectivity index (χ3v) is 5.86. The van der Waals surface area contributed by atoms with Gasteiger partial charge in [-0.3, -0.25) is 4.79 Å². The molecule has 27 heavy (non-hydrogen) atoms. The van der Waals surface area contributed by atoms with Crippen LogP contribution in [0.2, 0.25) is 0 Å². The van der Waals surface area contributed by atoms with Crippen molar-refractivity contribution in [3.8, 4) is 0 Å². The van der Waals surface area contributed by atoms with Crippen molar-refractivity contribution in [3.63, 3.8) is 0 Å². The van der Waals surface area contributed by atoms with Crippen LogP contribution in [0.5, 0.6) is 0 Å². The molecule has 0 spiro atoms. The molecular weight excluding hydrogens is 360 g/mol. The summed E-state index contributed by atoms with van der Waals surface area (Å²) in [6.45, 7) is 7.80. The van der Waals surface area contributed by atoms with Gasteiger partial charge in [-0.2, -0.15) is 0 Å². The summed E-state index contributed by atoms with van der Waals surface area (Å²) in [5.74, 6) is 1.26. The highest BCUT2D eigenvalue weighted by molar-refractivity contribution is 7.99. The van der Waals surface area contributed by atoms with E-state index in [4.69, 9.17) is 4.74 Å². The van der Waals surface area contributed by atoms with E-state index < -0.39 is 0 Å². The van der Waals surface area contributed by atoms with Crippen LogP contribution in [-0.4, -0.2) is 39.1 Å². The predicted octanol–water partition coefficient (Wildman–Crippen LogP) is 3.76. The van der Waals surface area contributed by atoms with Gasteiger partial charge in [-0.1, -0.05) is 30.8 Å². The SMILES string of the molecule is CCCc1nnc(SCC(=O)Nc2cccc(C)c2C)n1C[C@@H]1CCCO1. The molecule has 7 heteroatoms.